The number of hydrogen-bond donors (Lipinski definition) is 3. The fourth-order valence-electron chi connectivity index (χ4n) is 2.52. The molecule has 0 atom stereocenters. The highest BCUT2D eigenvalue weighted by Gasteiger charge is 2.21. The highest BCUT2D eigenvalue weighted by atomic mass is 35.5. The Morgan fingerprint density at radius 1 is 1.26 bits per heavy atom. The van der Waals surface area contributed by atoms with Crippen LogP contribution in [0.5, 0.6) is 0 Å². The number of hydrogen-bond acceptors (Lipinski definition) is 5. The number of carbonyl (C=O) groups excluding carboxylic acids is 1. The van der Waals surface area contributed by atoms with Gasteiger partial charge in [-0.3, -0.25) is 5.32 Å². The summed E-state index contributed by atoms with van der Waals surface area (Å²) in [5, 5.41) is 9.52. The van der Waals surface area contributed by atoms with Gasteiger partial charge in [-0.2, -0.15) is 0 Å². The number of aromatic nitrogens is 2. The molecule has 6 nitrogen and oxygen atoms in total. The van der Waals surface area contributed by atoms with Gasteiger partial charge in [0.05, 0.1) is 0 Å². The predicted octanol–water partition coefficient (Wildman–Crippen LogP) is 4.63. The molecule has 27 heavy (non-hydrogen) atoms. The predicted molar refractivity (Wildman–Crippen MR) is 106 cm³/mol. The van der Waals surface area contributed by atoms with Gasteiger partial charge in [0.25, 0.3) is 0 Å². The Labute approximate surface area is 164 Å². The van der Waals surface area contributed by atoms with Crippen molar-refractivity contribution in [2.24, 2.45) is 5.92 Å². The quantitative estimate of drug-likeness (QED) is 0.558. The molecule has 1 fully saturated rings. The standard InChI is InChI=1S/C18H17ClFN5OS/c19-12-4-3-11(13(20)7-12)9-21-15-6-5-14-16(24-15)27-18(23-14)25-17(26)22-8-10-1-2-10/h3-7,10H,1-2,8-9H2,(H,21,24)(H2,22,23,25,26). The third kappa shape index (κ3) is 4.64. The van der Waals surface area contributed by atoms with E-state index < -0.39 is 0 Å². The van der Waals surface area contributed by atoms with Crippen molar-refractivity contribution in [2.45, 2.75) is 19.4 Å². The van der Waals surface area contributed by atoms with E-state index in [9.17, 15) is 9.18 Å². The average molecular weight is 406 g/mol. The van der Waals surface area contributed by atoms with Crippen LogP contribution in [0.2, 0.25) is 5.02 Å². The summed E-state index contributed by atoms with van der Waals surface area (Å²) in [5.41, 5.74) is 1.20. The van der Waals surface area contributed by atoms with Crippen LogP contribution in [0.1, 0.15) is 18.4 Å². The number of nitrogens with zero attached hydrogens (tertiary/aromatic N) is 2. The Bertz CT molecular complexity index is 991. The Morgan fingerprint density at radius 3 is 2.89 bits per heavy atom. The fourth-order valence-corrected chi connectivity index (χ4v) is 3.51. The second kappa shape index (κ2) is 7.66. The van der Waals surface area contributed by atoms with E-state index in [1.807, 2.05) is 6.07 Å². The zero-order valence-electron chi connectivity index (χ0n) is 14.3. The maximum absolute atomic E-state index is 13.8. The van der Waals surface area contributed by atoms with E-state index in [0.717, 1.165) is 0 Å². The maximum Gasteiger partial charge on any atom is 0.321 e. The van der Waals surface area contributed by atoms with Crippen molar-refractivity contribution in [1.82, 2.24) is 15.3 Å². The summed E-state index contributed by atoms with van der Waals surface area (Å²) in [6.07, 6.45) is 2.36. The van der Waals surface area contributed by atoms with E-state index >= 15 is 0 Å². The van der Waals surface area contributed by atoms with Crippen molar-refractivity contribution in [3.05, 3.63) is 46.7 Å². The Balaban J connectivity index is 1.40. The monoisotopic (exact) mass is 405 g/mol. The molecule has 1 aromatic carbocycles. The molecule has 0 aliphatic heterocycles. The molecule has 0 spiro atoms. The van der Waals surface area contributed by atoms with Crippen LogP contribution < -0.4 is 16.0 Å². The number of benzene rings is 1. The zero-order chi connectivity index (χ0) is 18.8. The van der Waals surface area contributed by atoms with E-state index in [1.165, 1.54) is 30.2 Å². The minimum Gasteiger partial charge on any atom is -0.366 e. The van der Waals surface area contributed by atoms with Gasteiger partial charge in [-0.25, -0.2) is 19.2 Å². The van der Waals surface area contributed by atoms with Crippen molar-refractivity contribution in [1.29, 1.82) is 0 Å². The summed E-state index contributed by atoms with van der Waals surface area (Å²) >= 11 is 7.05. The smallest absolute Gasteiger partial charge is 0.321 e. The number of fused-ring (bicyclic) bond motifs is 1. The first-order valence-corrected chi connectivity index (χ1v) is 9.76. The molecule has 1 aliphatic carbocycles. The van der Waals surface area contributed by atoms with E-state index in [-0.39, 0.29) is 18.4 Å². The molecule has 2 heterocycles. The van der Waals surface area contributed by atoms with Crippen molar-refractivity contribution in [3.8, 4) is 0 Å². The molecule has 1 aliphatic rings. The third-order valence-electron chi connectivity index (χ3n) is 4.20. The zero-order valence-corrected chi connectivity index (χ0v) is 15.8. The van der Waals surface area contributed by atoms with Gasteiger partial charge in [0.1, 0.15) is 22.0 Å². The summed E-state index contributed by atoms with van der Waals surface area (Å²) < 4.78 is 13.8. The normalized spacial score (nSPS) is 13.6. The van der Waals surface area contributed by atoms with Gasteiger partial charge < -0.3 is 10.6 Å². The number of anilines is 2. The van der Waals surface area contributed by atoms with E-state index in [1.54, 1.807) is 18.2 Å². The second-order valence-corrected chi connectivity index (χ2v) is 7.82. The SMILES string of the molecule is O=C(NCC1CC1)Nc1nc2ccc(NCc3ccc(Cl)cc3F)nc2s1. The van der Waals surface area contributed by atoms with Crippen LogP contribution in [0.25, 0.3) is 10.3 Å². The first-order valence-electron chi connectivity index (χ1n) is 8.57. The van der Waals surface area contributed by atoms with Gasteiger partial charge in [-0.15, -0.1) is 0 Å². The lowest BCUT2D eigenvalue weighted by atomic mass is 10.2. The van der Waals surface area contributed by atoms with Gasteiger partial charge in [0, 0.05) is 23.7 Å². The first kappa shape index (κ1) is 17.9. The van der Waals surface area contributed by atoms with E-state index in [4.69, 9.17) is 11.6 Å². The molecule has 9 heteroatoms. The number of pyridine rings is 1. The minimum absolute atomic E-state index is 0.252. The summed E-state index contributed by atoms with van der Waals surface area (Å²) in [7, 11) is 0. The molecule has 0 unspecified atom stereocenters. The van der Waals surface area contributed by atoms with Crippen LogP contribution in [-0.2, 0) is 6.54 Å². The molecular weight excluding hydrogens is 389 g/mol. The minimum atomic E-state index is -0.363. The summed E-state index contributed by atoms with van der Waals surface area (Å²) in [6, 6.07) is 7.90. The first-order chi connectivity index (χ1) is 13.1. The van der Waals surface area contributed by atoms with Crippen LogP contribution in [0.15, 0.2) is 30.3 Å². The van der Waals surface area contributed by atoms with Gasteiger partial charge in [0.15, 0.2) is 5.13 Å². The van der Waals surface area contributed by atoms with Crippen LogP contribution in [0.4, 0.5) is 20.1 Å². The molecule has 140 valence electrons. The van der Waals surface area contributed by atoms with Gasteiger partial charge in [0.2, 0.25) is 0 Å². The van der Waals surface area contributed by atoms with Crippen molar-refractivity contribution in [2.75, 3.05) is 17.2 Å². The fraction of sp³-hybridized carbons (Fsp3) is 0.278. The lowest BCUT2D eigenvalue weighted by molar-refractivity contribution is 0.251. The van der Waals surface area contributed by atoms with Crippen LogP contribution in [0, 0.1) is 11.7 Å². The Hall–Kier alpha value is -2.45. The van der Waals surface area contributed by atoms with Crippen molar-refractivity contribution >= 4 is 50.3 Å². The molecule has 3 aromatic rings. The average Bonchev–Trinajstić information content (AvgIpc) is 3.38. The maximum atomic E-state index is 13.8. The molecule has 2 aromatic heterocycles. The van der Waals surface area contributed by atoms with Crippen LogP contribution >= 0.6 is 22.9 Å². The molecule has 0 bridgehead atoms. The second-order valence-electron chi connectivity index (χ2n) is 6.41. The topological polar surface area (TPSA) is 78.9 Å². The van der Waals surface area contributed by atoms with Gasteiger partial charge >= 0.3 is 6.03 Å². The number of nitrogens with one attached hydrogen (secondary N) is 3. The van der Waals surface area contributed by atoms with E-state index in [0.29, 0.717) is 44.3 Å². The van der Waals surface area contributed by atoms with Crippen molar-refractivity contribution in [3.63, 3.8) is 0 Å². The Morgan fingerprint density at radius 2 is 2.11 bits per heavy atom. The van der Waals surface area contributed by atoms with Gasteiger partial charge in [-0.1, -0.05) is 29.0 Å². The number of amides is 2. The van der Waals surface area contributed by atoms with Crippen molar-refractivity contribution < 1.29 is 9.18 Å². The summed E-state index contributed by atoms with van der Waals surface area (Å²) in [4.78, 5) is 21.4. The third-order valence-corrected chi connectivity index (χ3v) is 5.31. The number of carbonyl (C=O) groups is 1. The lowest BCUT2D eigenvalue weighted by Crippen LogP contribution is -2.30. The molecule has 2 amide bonds. The highest BCUT2D eigenvalue weighted by Crippen LogP contribution is 2.28. The molecule has 1 saturated carbocycles. The molecule has 0 radical (unpaired) electrons. The summed E-state index contributed by atoms with van der Waals surface area (Å²) in [5.74, 6) is 0.856. The number of thiazole rings is 1. The van der Waals surface area contributed by atoms with Gasteiger partial charge in [-0.05, 0) is 43.0 Å². The summed E-state index contributed by atoms with van der Waals surface area (Å²) in [6.45, 7) is 0.985. The largest absolute Gasteiger partial charge is 0.366 e. The molecule has 3 N–H and O–H groups in total. The highest BCUT2D eigenvalue weighted by molar-refractivity contribution is 7.21. The molecule has 0 saturated heterocycles. The van der Waals surface area contributed by atoms with Crippen LogP contribution in [-0.4, -0.2) is 22.5 Å². The van der Waals surface area contributed by atoms with Crippen LogP contribution in [0.3, 0.4) is 0 Å². The number of urea groups is 1. The number of rotatable bonds is 6. The molecule has 4 rings (SSSR count). The number of halogens is 2. The lowest BCUT2D eigenvalue weighted by Gasteiger charge is -2.06. The Kier molecular flexibility index (Phi) is 5.09. The van der Waals surface area contributed by atoms with E-state index in [2.05, 4.69) is 25.9 Å². The molecular formula is C18H17ClFN5OS.